The summed E-state index contributed by atoms with van der Waals surface area (Å²) in [6.07, 6.45) is 7.82. The minimum Gasteiger partial charge on any atom is -0.497 e. The zero-order valence-electron chi connectivity index (χ0n) is 19.5. The molecule has 32 heavy (non-hydrogen) atoms. The van der Waals surface area contributed by atoms with Crippen molar-refractivity contribution in [2.75, 3.05) is 46.4 Å². The summed E-state index contributed by atoms with van der Waals surface area (Å²) >= 11 is 0. The van der Waals surface area contributed by atoms with Crippen LogP contribution in [0.1, 0.15) is 49.3 Å². The quantitative estimate of drug-likeness (QED) is 0.323. The summed E-state index contributed by atoms with van der Waals surface area (Å²) in [5.74, 6) is 2.46. The van der Waals surface area contributed by atoms with Crippen LogP contribution in [0, 0.1) is 0 Å². The van der Waals surface area contributed by atoms with Gasteiger partial charge >= 0.3 is 0 Å². The molecule has 0 bridgehead atoms. The molecule has 8 heteroatoms. The first-order valence-corrected chi connectivity index (χ1v) is 11.6. The Hall–Kier alpha value is -1.81. The van der Waals surface area contributed by atoms with Gasteiger partial charge < -0.3 is 15.0 Å². The van der Waals surface area contributed by atoms with Crippen molar-refractivity contribution >= 4 is 29.9 Å². The van der Waals surface area contributed by atoms with Gasteiger partial charge in [0.05, 0.1) is 25.9 Å². The fourth-order valence-corrected chi connectivity index (χ4v) is 4.81. The number of nitrogens with zero attached hydrogens (tertiary/aromatic N) is 5. The fraction of sp³-hybridized carbons (Fsp3) is 0.583. The Bertz CT molecular complexity index is 879. The summed E-state index contributed by atoms with van der Waals surface area (Å²) in [6.45, 7) is 8.07. The van der Waals surface area contributed by atoms with Crippen molar-refractivity contribution in [3.8, 4) is 5.75 Å². The standard InChI is InChI=1S/C24H36N6O.HI/c1-4-25-24(30-13-10-20(18-30)21-15-27-28(2)17-21)26-16-23(29-11-5-6-12-29)19-8-7-9-22(14-19)31-3;/h7-9,14-15,17,20,23H,4-6,10-13,16,18H2,1-3H3,(H,25,26);1H. The number of aromatic nitrogens is 2. The highest BCUT2D eigenvalue weighted by Gasteiger charge is 2.28. The summed E-state index contributed by atoms with van der Waals surface area (Å²) < 4.78 is 7.38. The largest absolute Gasteiger partial charge is 0.497 e. The normalized spacial score (nSPS) is 20.3. The molecular formula is C24H37IN6O. The first-order chi connectivity index (χ1) is 15.2. The van der Waals surface area contributed by atoms with Crippen LogP contribution in [0.25, 0.3) is 0 Å². The van der Waals surface area contributed by atoms with E-state index in [1.165, 1.54) is 24.0 Å². The number of guanidine groups is 1. The van der Waals surface area contributed by atoms with Gasteiger partial charge in [0.25, 0.3) is 0 Å². The van der Waals surface area contributed by atoms with E-state index in [1.807, 2.05) is 24.0 Å². The number of methoxy groups -OCH3 is 1. The van der Waals surface area contributed by atoms with Crippen LogP contribution < -0.4 is 10.1 Å². The van der Waals surface area contributed by atoms with Crippen LogP contribution >= 0.6 is 24.0 Å². The molecule has 2 saturated heterocycles. The van der Waals surface area contributed by atoms with Gasteiger partial charge in [0, 0.05) is 38.8 Å². The van der Waals surface area contributed by atoms with Gasteiger partial charge in [-0.25, -0.2) is 0 Å². The van der Waals surface area contributed by atoms with Gasteiger partial charge in [0.1, 0.15) is 5.75 Å². The number of halogens is 1. The average Bonchev–Trinajstić information content (AvgIpc) is 3.55. The zero-order chi connectivity index (χ0) is 21.6. The molecule has 0 saturated carbocycles. The van der Waals surface area contributed by atoms with Crippen LogP contribution in [-0.2, 0) is 7.05 Å². The van der Waals surface area contributed by atoms with E-state index in [1.54, 1.807) is 7.11 Å². The molecule has 2 aliphatic heterocycles. The van der Waals surface area contributed by atoms with Gasteiger partial charge in [-0.2, -0.15) is 5.10 Å². The molecule has 2 unspecified atom stereocenters. The smallest absolute Gasteiger partial charge is 0.194 e. The molecule has 0 spiro atoms. The Morgan fingerprint density at radius 3 is 2.78 bits per heavy atom. The molecule has 2 atom stereocenters. The SMILES string of the molecule is CCNC(=NCC(c1cccc(OC)c1)N1CCCC1)N1CCC(c2cnn(C)c2)C1.I. The minimum atomic E-state index is 0. The molecule has 2 aliphatic rings. The van der Waals surface area contributed by atoms with Crippen molar-refractivity contribution in [2.45, 2.75) is 38.1 Å². The average molecular weight is 553 g/mol. The number of benzene rings is 1. The molecule has 2 aromatic rings. The molecule has 176 valence electrons. The highest BCUT2D eigenvalue weighted by molar-refractivity contribution is 14.0. The predicted molar refractivity (Wildman–Crippen MR) is 140 cm³/mol. The zero-order valence-corrected chi connectivity index (χ0v) is 21.9. The lowest BCUT2D eigenvalue weighted by Gasteiger charge is -2.28. The Kier molecular flexibility index (Phi) is 9.22. The number of hydrogen-bond donors (Lipinski definition) is 1. The van der Waals surface area contributed by atoms with E-state index >= 15 is 0 Å². The lowest BCUT2D eigenvalue weighted by molar-refractivity contribution is 0.250. The van der Waals surface area contributed by atoms with Crippen molar-refractivity contribution in [3.05, 3.63) is 47.8 Å². The maximum Gasteiger partial charge on any atom is 0.194 e. The molecule has 3 heterocycles. The van der Waals surface area contributed by atoms with Gasteiger partial charge in [-0.05, 0) is 62.5 Å². The topological polar surface area (TPSA) is 57.9 Å². The predicted octanol–water partition coefficient (Wildman–Crippen LogP) is 3.64. The van der Waals surface area contributed by atoms with Crippen molar-refractivity contribution < 1.29 is 4.74 Å². The van der Waals surface area contributed by atoms with Crippen molar-refractivity contribution in [1.82, 2.24) is 24.9 Å². The second kappa shape index (κ2) is 11.9. The number of likely N-dealkylation sites (tertiary alicyclic amines) is 2. The van der Waals surface area contributed by atoms with E-state index in [0.29, 0.717) is 5.92 Å². The molecule has 1 aromatic heterocycles. The van der Waals surface area contributed by atoms with Gasteiger partial charge in [0.2, 0.25) is 0 Å². The number of rotatable bonds is 7. The van der Waals surface area contributed by atoms with Crippen LogP contribution in [-0.4, -0.2) is 71.9 Å². The minimum absolute atomic E-state index is 0. The Morgan fingerprint density at radius 1 is 1.28 bits per heavy atom. The molecule has 1 aromatic carbocycles. The number of ether oxygens (including phenoxy) is 1. The Balaban J connectivity index is 0.00000289. The second-order valence-corrected chi connectivity index (χ2v) is 8.61. The summed E-state index contributed by atoms with van der Waals surface area (Å²) in [4.78, 5) is 10.1. The van der Waals surface area contributed by atoms with Crippen LogP contribution in [0.3, 0.4) is 0 Å². The number of hydrogen-bond acceptors (Lipinski definition) is 4. The van der Waals surface area contributed by atoms with E-state index in [4.69, 9.17) is 9.73 Å². The van der Waals surface area contributed by atoms with Gasteiger partial charge in [0.15, 0.2) is 5.96 Å². The second-order valence-electron chi connectivity index (χ2n) is 8.61. The first kappa shape index (κ1) is 24.8. The third-order valence-corrected chi connectivity index (χ3v) is 6.49. The van der Waals surface area contributed by atoms with Crippen LogP contribution in [0.5, 0.6) is 5.75 Å². The summed E-state index contributed by atoms with van der Waals surface area (Å²) in [5.41, 5.74) is 2.61. The van der Waals surface area contributed by atoms with Gasteiger partial charge in [-0.3, -0.25) is 14.6 Å². The Labute approximate surface area is 209 Å². The first-order valence-electron chi connectivity index (χ1n) is 11.6. The summed E-state index contributed by atoms with van der Waals surface area (Å²) in [5, 5.41) is 7.89. The number of nitrogens with one attached hydrogen (secondary N) is 1. The molecule has 7 nitrogen and oxygen atoms in total. The van der Waals surface area contributed by atoms with Crippen LogP contribution in [0.15, 0.2) is 41.7 Å². The third-order valence-electron chi connectivity index (χ3n) is 6.49. The van der Waals surface area contributed by atoms with E-state index in [-0.39, 0.29) is 30.0 Å². The number of aliphatic imine (C=N–C) groups is 1. The summed E-state index contributed by atoms with van der Waals surface area (Å²) in [6, 6.07) is 8.76. The molecule has 0 radical (unpaired) electrons. The molecule has 4 rings (SSSR count). The Morgan fingerprint density at radius 2 is 2.09 bits per heavy atom. The lowest BCUT2D eigenvalue weighted by Crippen LogP contribution is -2.40. The maximum atomic E-state index is 5.49. The van der Waals surface area contributed by atoms with E-state index in [0.717, 1.165) is 57.4 Å². The fourth-order valence-electron chi connectivity index (χ4n) is 4.81. The molecule has 0 amide bonds. The molecule has 1 N–H and O–H groups in total. The van der Waals surface area contributed by atoms with E-state index in [2.05, 4.69) is 51.5 Å². The van der Waals surface area contributed by atoms with Crippen molar-refractivity contribution in [2.24, 2.45) is 12.0 Å². The lowest BCUT2D eigenvalue weighted by atomic mass is 10.0. The van der Waals surface area contributed by atoms with Gasteiger partial charge in [-0.15, -0.1) is 24.0 Å². The number of aryl methyl sites for hydroxylation is 1. The summed E-state index contributed by atoms with van der Waals surface area (Å²) in [7, 11) is 3.72. The van der Waals surface area contributed by atoms with Crippen LogP contribution in [0.2, 0.25) is 0 Å². The molecule has 0 aliphatic carbocycles. The van der Waals surface area contributed by atoms with Gasteiger partial charge in [-0.1, -0.05) is 12.1 Å². The maximum absolute atomic E-state index is 5.49. The van der Waals surface area contributed by atoms with E-state index in [9.17, 15) is 0 Å². The highest BCUT2D eigenvalue weighted by Crippen LogP contribution is 2.29. The van der Waals surface area contributed by atoms with E-state index < -0.39 is 0 Å². The molecule has 2 fully saturated rings. The van der Waals surface area contributed by atoms with Crippen LogP contribution in [0.4, 0.5) is 0 Å². The monoisotopic (exact) mass is 552 g/mol. The third kappa shape index (κ3) is 5.95. The van der Waals surface area contributed by atoms with Crippen molar-refractivity contribution in [3.63, 3.8) is 0 Å². The molecular weight excluding hydrogens is 515 g/mol. The highest BCUT2D eigenvalue weighted by atomic mass is 127. The van der Waals surface area contributed by atoms with Crippen molar-refractivity contribution in [1.29, 1.82) is 0 Å².